The van der Waals surface area contributed by atoms with E-state index < -0.39 is 0 Å². The number of amides is 1. The molecule has 1 saturated heterocycles. The highest BCUT2D eigenvalue weighted by Crippen LogP contribution is 2.35. The van der Waals surface area contributed by atoms with Gasteiger partial charge in [0.1, 0.15) is 11.1 Å². The van der Waals surface area contributed by atoms with Crippen molar-refractivity contribution in [2.24, 2.45) is 0 Å². The lowest BCUT2D eigenvalue weighted by molar-refractivity contribution is -0.116. The van der Waals surface area contributed by atoms with Crippen LogP contribution in [0.4, 0.5) is 5.00 Å². The number of anilines is 1. The standard InChI is InChI=1S/C12H10N4OS2/c13-7-8-2-6-18-11(8)16-5-1-9(10(16)17)19-12-14-3-4-15-12/h2-4,6,9H,1,5H2,(H,14,15)/t9-/m0/s1. The number of aromatic nitrogens is 2. The summed E-state index contributed by atoms with van der Waals surface area (Å²) in [5.41, 5.74) is 0.571. The number of rotatable bonds is 3. The van der Waals surface area contributed by atoms with Gasteiger partial charge in [0.25, 0.3) is 0 Å². The monoisotopic (exact) mass is 290 g/mol. The minimum absolute atomic E-state index is 0.0559. The van der Waals surface area contributed by atoms with Gasteiger partial charge in [-0.2, -0.15) is 5.26 Å². The van der Waals surface area contributed by atoms with E-state index in [1.54, 1.807) is 23.4 Å². The maximum absolute atomic E-state index is 12.4. The predicted octanol–water partition coefficient (Wildman–Crippen LogP) is 2.24. The van der Waals surface area contributed by atoms with Gasteiger partial charge < -0.3 is 9.88 Å². The number of hydrogen-bond donors (Lipinski definition) is 1. The Balaban J connectivity index is 1.77. The lowest BCUT2D eigenvalue weighted by atomic mass is 10.3. The molecule has 5 nitrogen and oxygen atoms in total. The van der Waals surface area contributed by atoms with Gasteiger partial charge in [0.05, 0.1) is 10.8 Å². The Kier molecular flexibility index (Phi) is 3.27. The van der Waals surface area contributed by atoms with E-state index in [1.807, 2.05) is 5.38 Å². The molecule has 1 aliphatic rings. The van der Waals surface area contributed by atoms with Gasteiger partial charge in [-0.25, -0.2) is 4.98 Å². The molecule has 3 heterocycles. The zero-order chi connectivity index (χ0) is 13.2. The number of hydrogen-bond acceptors (Lipinski definition) is 5. The summed E-state index contributed by atoms with van der Waals surface area (Å²) in [5, 5.41) is 12.3. The highest BCUT2D eigenvalue weighted by atomic mass is 32.2. The van der Waals surface area contributed by atoms with E-state index >= 15 is 0 Å². The van der Waals surface area contributed by atoms with Crippen LogP contribution in [0.1, 0.15) is 12.0 Å². The minimum atomic E-state index is -0.125. The number of nitrogens with one attached hydrogen (secondary N) is 1. The maximum Gasteiger partial charge on any atom is 0.241 e. The molecule has 19 heavy (non-hydrogen) atoms. The highest BCUT2D eigenvalue weighted by molar-refractivity contribution is 8.00. The van der Waals surface area contributed by atoms with E-state index in [4.69, 9.17) is 5.26 Å². The number of nitriles is 1. The van der Waals surface area contributed by atoms with Crippen LogP contribution in [0, 0.1) is 11.3 Å². The molecule has 1 amide bonds. The SMILES string of the molecule is N#Cc1ccsc1N1CC[C@H](Sc2ncc[nH]2)C1=O. The summed E-state index contributed by atoms with van der Waals surface area (Å²) >= 11 is 2.88. The summed E-state index contributed by atoms with van der Waals surface area (Å²) in [5.74, 6) is 0.0559. The average molecular weight is 290 g/mol. The van der Waals surface area contributed by atoms with Crippen molar-refractivity contribution in [2.45, 2.75) is 16.8 Å². The molecule has 1 aliphatic heterocycles. The molecular formula is C12H10N4OS2. The lowest BCUT2D eigenvalue weighted by Crippen LogP contribution is -2.27. The van der Waals surface area contributed by atoms with E-state index in [1.165, 1.54) is 23.1 Å². The average Bonchev–Trinajstić information content (AvgIpc) is 3.12. The third-order valence-electron chi connectivity index (χ3n) is 2.89. The van der Waals surface area contributed by atoms with Gasteiger partial charge in [-0.3, -0.25) is 4.79 Å². The number of nitrogens with zero attached hydrogens (tertiary/aromatic N) is 3. The maximum atomic E-state index is 12.4. The van der Waals surface area contributed by atoms with Crippen molar-refractivity contribution in [3.05, 3.63) is 29.4 Å². The molecule has 0 aliphatic carbocycles. The number of carbonyl (C=O) groups is 1. The fourth-order valence-electron chi connectivity index (χ4n) is 2.01. The Morgan fingerprint density at radius 3 is 3.26 bits per heavy atom. The fourth-order valence-corrected chi connectivity index (χ4v) is 3.87. The normalized spacial score (nSPS) is 18.8. The zero-order valence-corrected chi connectivity index (χ0v) is 11.5. The topological polar surface area (TPSA) is 72.8 Å². The highest BCUT2D eigenvalue weighted by Gasteiger charge is 2.35. The molecule has 2 aromatic rings. The summed E-state index contributed by atoms with van der Waals surface area (Å²) in [6.45, 7) is 0.659. The van der Waals surface area contributed by atoms with Crippen molar-refractivity contribution >= 4 is 34.0 Å². The van der Waals surface area contributed by atoms with Gasteiger partial charge in [0, 0.05) is 18.9 Å². The number of thioether (sulfide) groups is 1. The third-order valence-corrected chi connectivity index (χ3v) is 5.00. The number of H-pyrrole nitrogens is 1. The summed E-state index contributed by atoms with van der Waals surface area (Å²) in [4.78, 5) is 21.2. The van der Waals surface area contributed by atoms with Crippen molar-refractivity contribution in [3.8, 4) is 6.07 Å². The molecule has 1 fully saturated rings. The second-order valence-electron chi connectivity index (χ2n) is 4.03. The van der Waals surface area contributed by atoms with E-state index in [-0.39, 0.29) is 11.2 Å². The Hall–Kier alpha value is -1.78. The molecule has 96 valence electrons. The van der Waals surface area contributed by atoms with Crippen LogP contribution in [0.25, 0.3) is 0 Å². The summed E-state index contributed by atoms with van der Waals surface area (Å²) in [7, 11) is 0. The van der Waals surface area contributed by atoms with Crippen LogP contribution in [0.3, 0.4) is 0 Å². The van der Waals surface area contributed by atoms with E-state index in [2.05, 4.69) is 16.0 Å². The van der Waals surface area contributed by atoms with Crippen molar-refractivity contribution in [1.29, 1.82) is 5.26 Å². The van der Waals surface area contributed by atoms with Crippen LogP contribution < -0.4 is 4.90 Å². The first-order chi connectivity index (χ1) is 9.29. The van der Waals surface area contributed by atoms with Crippen molar-refractivity contribution < 1.29 is 4.79 Å². The second kappa shape index (κ2) is 5.07. The Morgan fingerprint density at radius 1 is 1.63 bits per heavy atom. The number of aromatic amines is 1. The third kappa shape index (κ3) is 2.25. The smallest absolute Gasteiger partial charge is 0.241 e. The van der Waals surface area contributed by atoms with Gasteiger partial charge in [0.15, 0.2) is 5.16 Å². The first-order valence-electron chi connectivity index (χ1n) is 5.74. The number of thiophene rings is 1. The largest absolute Gasteiger partial charge is 0.340 e. The van der Waals surface area contributed by atoms with Crippen LogP contribution in [0.15, 0.2) is 29.0 Å². The van der Waals surface area contributed by atoms with Gasteiger partial charge in [0.2, 0.25) is 5.91 Å². The summed E-state index contributed by atoms with van der Waals surface area (Å²) in [6.07, 6.45) is 4.19. The lowest BCUT2D eigenvalue weighted by Gasteiger charge is -2.14. The van der Waals surface area contributed by atoms with Gasteiger partial charge >= 0.3 is 0 Å². The predicted molar refractivity (Wildman–Crippen MR) is 74.2 cm³/mol. The second-order valence-corrected chi connectivity index (χ2v) is 6.12. The van der Waals surface area contributed by atoms with Crippen LogP contribution in [-0.4, -0.2) is 27.7 Å². The van der Waals surface area contributed by atoms with Crippen LogP contribution in [0.5, 0.6) is 0 Å². The van der Waals surface area contributed by atoms with Gasteiger partial charge in [-0.05, 0) is 17.9 Å². The van der Waals surface area contributed by atoms with Crippen LogP contribution >= 0.6 is 23.1 Å². The first-order valence-corrected chi connectivity index (χ1v) is 7.50. The number of carbonyl (C=O) groups excluding carboxylic acids is 1. The molecular weight excluding hydrogens is 280 g/mol. The summed E-state index contributed by atoms with van der Waals surface area (Å²) < 4.78 is 0. The molecule has 0 unspecified atom stereocenters. The van der Waals surface area contributed by atoms with Crippen LogP contribution in [-0.2, 0) is 4.79 Å². The molecule has 0 aromatic carbocycles. The Labute approximate surface area is 118 Å². The molecule has 0 bridgehead atoms. The van der Waals surface area contributed by atoms with Crippen molar-refractivity contribution in [1.82, 2.24) is 9.97 Å². The molecule has 0 radical (unpaired) electrons. The van der Waals surface area contributed by atoms with E-state index in [0.717, 1.165) is 16.6 Å². The molecule has 1 atom stereocenters. The van der Waals surface area contributed by atoms with Gasteiger partial charge in [-0.15, -0.1) is 11.3 Å². The van der Waals surface area contributed by atoms with Gasteiger partial charge in [-0.1, -0.05) is 11.8 Å². The fraction of sp³-hybridized carbons (Fsp3) is 0.250. The molecule has 7 heteroatoms. The molecule has 0 saturated carbocycles. The molecule has 1 N–H and O–H groups in total. The minimum Gasteiger partial charge on any atom is -0.340 e. The molecule has 0 spiro atoms. The zero-order valence-electron chi connectivity index (χ0n) is 9.87. The van der Waals surface area contributed by atoms with Crippen molar-refractivity contribution in [2.75, 3.05) is 11.4 Å². The number of imidazole rings is 1. The molecule has 3 rings (SSSR count). The Morgan fingerprint density at radius 2 is 2.53 bits per heavy atom. The van der Waals surface area contributed by atoms with Crippen LogP contribution in [0.2, 0.25) is 0 Å². The van der Waals surface area contributed by atoms with E-state index in [9.17, 15) is 4.79 Å². The Bertz CT molecular complexity index is 628. The summed E-state index contributed by atoms with van der Waals surface area (Å²) in [6, 6.07) is 3.87. The first kappa shape index (κ1) is 12.3. The quantitative estimate of drug-likeness (QED) is 0.941. The molecule has 2 aromatic heterocycles. The van der Waals surface area contributed by atoms with E-state index in [0.29, 0.717) is 12.1 Å². The van der Waals surface area contributed by atoms with Crippen molar-refractivity contribution in [3.63, 3.8) is 0 Å².